The first-order chi connectivity index (χ1) is 12.4. The molecule has 1 heterocycles. The van der Waals surface area contributed by atoms with E-state index in [-0.39, 0.29) is 36.5 Å². The molecule has 1 aromatic carbocycles. The van der Waals surface area contributed by atoms with Gasteiger partial charge in [-0.25, -0.2) is 20.0 Å². The van der Waals surface area contributed by atoms with Gasteiger partial charge in [0.25, 0.3) is 10.2 Å². The van der Waals surface area contributed by atoms with E-state index in [4.69, 9.17) is 9.98 Å². The minimum absolute atomic E-state index is 0.0105. The lowest BCUT2D eigenvalue weighted by atomic mass is 10.1. The molecule has 0 amide bonds. The molecule has 2 rings (SSSR count). The van der Waals surface area contributed by atoms with Gasteiger partial charge in [0.1, 0.15) is 0 Å². The Kier molecular flexibility index (Phi) is 6.99. The third-order valence-electron chi connectivity index (χ3n) is 3.10. The van der Waals surface area contributed by atoms with Crippen molar-refractivity contribution in [3.8, 4) is 0 Å². The highest BCUT2D eigenvalue weighted by atomic mass is 32.2. The van der Waals surface area contributed by atoms with E-state index in [1.165, 1.54) is 0 Å². The van der Waals surface area contributed by atoms with Crippen molar-refractivity contribution in [1.29, 1.82) is 0 Å². The molecular weight excluding hydrogens is 366 g/mol. The zero-order chi connectivity index (χ0) is 19.0. The molecule has 6 N–H and O–H groups in total. The van der Waals surface area contributed by atoms with E-state index in [0.717, 1.165) is 5.56 Å². The molecule has 2 aromatic rings. The smallest absolute Gasteiger partial charge is 0.274 e. The molecule has 0 aliphatic heterocycles. The summed E-state index contributed by atoms with van der Waals surface area (Å²) in [6, 6.07) is 9.14. The van der Waals surface area contributed by atoms with Gasteiger partial charge in [-0.05, 0) is 22.8 Å². The highest BCUT2D eigenvalue weighted by Crippen LogP contribution is 2.18. The number of rotatable bonds is 9. The topological polar surface area (TPSA) is 177 Å². The lowest BCUT2D eigenvalue weighted by molar-refractivity contribution is 0.195. The quantitative estimate of drug-likeness (QED) is 0.168. The number of aromatic nitrogens is 2. The van der Waals surface area contributed by atoms with Gasteiger partial charge in [0.05, 0.1) is 12.6 Å². The lowest BCUT2D eigenvalue weighted by Crippen LogP contribution is -2.33. The zero-order valence-electron chi connectivity index (χ0n) is 13.8. The number of anilines is 1. The number of nitrogens with one attached hydrogen (secondary N) is 3. The van der Waals surface area contributed by atoms with Crippen LogP contribution >= 0.6 is 0 Å². The first kappa shape index (κ1) is 19.7. The average Bonchev–Trinajstić information content (AvgIpc) is 3.07. The molecule has 0 saturated heterocycles. The van der Waals surface area contributed by atoms with E-state index < -0.39 is 10.2 Å². The Labute approximate surface area is 149 Å². The van der Waals surface area contributed by atoms with Crippen LogP contribution in [0, 0.1) is 0 Å². The molecule has 13 heteroatoms. The fourth-order valence-electron chi connectivity index (χ4n) is 1.91. The van der Waals surface area contributed by atoms with Crippen molar-refractivity contribution in [2.45, 2.75) is 13.0 Å². The predicted octanol–water partition coefficient (Wildman–Crippen LogP) is -0.307. The van der Waals surface area contributed by atoms with Crippen LogP contribution in [0.3, 0.4) is 0 Å². The minimum Gasteiger partial charge on any atom is -0.290 e. The molecule has 1 unspecified atom stereocenters. The summed E-state index contributed by atoms with van der Waals surface area (Å²) in [6.45, 7) is 1.72. The van der Waals surface area contributed by atoms with Gasteiger partial charge in [0, 0.05) is 6.54 Å². The average molecular weight is 385 g/mol. The normalized spacial score (nSPS) is 13.4. The van der Waals surface area contributed by atoms with Crippen molar-refractivity contribution in [2.75, 3.05) is 18.6 Å². The lowest BCUT2D eigenvalue weighted by Gasteiger charge is -2.10. The summed E-state index contributed by atoms with van der Waals surface area (Å²) in [7, 11) is -3.79. The maximum atomic E-state index is 10.7. The molecule has 0 saturated carbocycles. The van der Waals surface area contributed by atoms with E-state index >= 15 is 0 Å². The molecular formula is C13H19N7O5S. The summed E-state index contributed by atoms with van der Waals surface area (Å²) in [5, 5.41) is 21.4. The largest absolute Gasteiger partial charge is 0.290 e. The molecule has 12 nitrogen and oxygen atoms in total. The van der Waals surface area contributed by atoms with Crippen molar-refractivity contribution in [1.82, 2.24) is 20.5 Å². The number of aliphatic imine (C=N–C) groups is 1. The number of benzene rings is 1. The molecule has 0 bridgehead atoms. The fourth-order valence-corrected chi connectivity index (χ4v) is 2.28. The summed E-state index contributed by atoms with van der Waals surface area (Å²) in [6.07, 6.45) is 0. The first-order valence-corrected chi connectivity index (χ1v) is 8.96. The van der Waals surface area contributed by atoms with E-state index in [0.29, 0.717) is 0 Å². The number of nitrogens with zero attached hydrogens (tertiary/aromatic N) is 3. The maximum Gasteiger partial charge on any atom is 0.274 e. The summed E-state index contributed by atoms with van der Waals surface area (Å²) >= 11 is 0. The van der Waals surface area contributed by atoms with Gasteiger partial charge in [0.2, 0.25) is 5.82 Å². The van der Waals surface area contributed by atoms with Crippen molar-refractivity contribution in [3.05, 3.63) is 41.6 Å². The fraction of sp³-hybridized carbons (Fsp3) is 0.308. The molecule has 0 aliphatic rings. The van der Waals surface area contributed by atoms with Crippen LogP contribution < -0.4 is 20.8 Å². The minimum atomic E-state index is -3.79. The third-order valence-corrected chi connectivity index (χ3v) is 3.71. The standard InChI is InChI=1S/C13H19N7O5S/c1-9(10-5-3-2-4-6-10)16-12(17-21)11-13(20-25-18-11)19-24-8-7-15-26(14,22)23/h2-6,9,15,21H,7-8H2,1H3,(H,16,17)(H,19,20)(H2,14,22,23). The van der Waals surface area contributed by atoms with Gasteiger partial charge in [-0.3, -0.25) is 20.5 Å². The number of nitrogens with two attached hydrogens (primary N) is 1. The summed E-state index contributed by atoms with van der Waals surface area (Å²) < 4.78 is 28.1. The van der Waals surface area contributed by atoms with Gasteiger partial charge in [0.15, 0.2) is 11.5 Å². The van der Waals surface area contributed by atoms with Crippen LogP contribution in [-0.4, -0.2) is 42.9 Å². The van der Waals surface area contributed by atoms with Crippen molar-refractivity contribution in [3.63, 3.8) is 0 Å². The summed E-state index contributed by atoms with van der Waals surface area (Å²) in [4.78, 5) is 9.37. The Balaban J connectivity index is 2.01. The second-order valence-corrected chi connectivity index (χ2v) is 6.41. The van der Waals surface area contributed by atoms with Crippen molar-refractivity contribution < 1.29 is 23.1 Å². The van der Waals surface area contributed by atoms with Crippen LogP contribution in [0.5, 0.6) is 0 Å². The molecule has 0 fully saturated rings. The van der Waals surface area contributed by atoms with Crippen molar-refractivity contribution >= 4 is 21.9 Å². The Morgan fingerprint density at radius 1 is 1.38 bits per heavy atom. The summed E-state index contributed by atoms with van der Waals surface area (Å²) in [5.41, 5.74) is 5.39. The highest BCUT2D eigenvalue weighted by molar-refractivity contribution is 7.87. The first-order valence-electron chi connectivity index (χ1n) is 7.41. The predicted molar refractivity (Wildman–Crippen MR) is 91.3 cm³/mol. The van der Waals surface area contributed by atoms with E-state index in [1.54, 1.807) is 0 Å². The number of amidine groups is 1. The molecule has 142 valence electrons. The maximum absolute atomic E-state index is 10.7. The molecule has 1 aromatic heterocycles. The number of hydrogen-bond acceptors (Lipinski definition) is 9. The van der Waals surface area contributed by atoms with E-state index in [1.807, 2.05) is 47.5 Å². The van der Waals surface area contributed by atoms with E-state index in [9.17, 15) is 13.6 Å². The third kappa shape index (κ3) is 6.05. The molecule has 1 atom stereocenters. The molecule has 0 aliphatic carbocycles. The monoisotopic (exact) mass is 385 g/mol. The van der Waals surface area contributed by atoms with Gasteiger partial charge in [-0.15, -0.1) is 0 Å². The van der Waals surface area contributed by atoms with Crippen LogP contribution in [0.25, 0.3) is 0 Å². The SMILES string of the molecule is CC(N=C(NO)c1nonc1NOCCNS(N)(=O)=O)c1ccccc1. The van der Waals surface area contributed by atoms with Gasteiger partial charge in [-0.1, -0.05) is 30.3 Å². The van der Waals surface area contributed by atoms with Crippen LogP contribution in [0.1, 0.15) is 24.2 Å². The van der Waals surface area contributed by atoms with E-state index in [2.05, 4.69) is 25.4 Å². The van der Waals surface area contributed by atoms with Crippen LogP contribution in [0.15, 0.2) is 40.0 Å². The second kappa shape index (κ2) is 9.21. The second-order valence-electron chi connectivity index (χ2n) is 5.03. The van der Waals surface area contributed by atoms with Gasteiger partial charge < -0.3 is 0 Å². The Morgan fingerprint density at radius 2 is 2.12 bits per heavy atom. The van der Waals surface area contributed by atoms with Crippen molar-refractivity contribution in [2.24, 2.45) is 10.1 Å². The molecule has 0 spiro atoms. The molecule has 0 radical (unpaired) electrons. The number of hydroxylamine groups is 1. The van der Waals surface area contributed by atoms with Crippen LogP contribution in [0.4, 0.5) is 5.82 Å². The number of hydrogen-bond donors (Lipinski definition) is 5. The summed E-state index contributed by atoms with van der Waals surface area (Å²) in [5.74, 6) is 0.0533. The Hall–Kier alpha value is -2.58. The highest BCUT2D eigenvalue weighted by Gasteiger charge is 2.18. The molecule has 26 heavy (non-hydrogen) atoms. The van der Waals surface area contributed by atoms with Gasteiger partial charge >= 0.3 is 0 Å². The Bertz CT molecular complexity index is 824. The van der Waals surface area contributed by atoms with Crippen LogP contribution in [-0.2, 0) is 15.0 Å². The van der Waals surface area contributed by atoms with Crippen LogP contribution in [0.2, 0.25) is 0 Å². The zero-order valence-corrected chi connectivity index (χ0v) is 14.6. The van der Waals surface area contributed by atoms with Gasteiger partial charge in [-0.2, -0.15) is 8.42 Å². The Morgan fingerprint density at radius 3 is 2.77 bits per heavy atom.